The average Bonchev–Trinajstić information content (AvgIpc) is 3.31. The Kier molecular flexibility index (Phi) is 7.14. The van der Waals surface area contributed by atoms with E-state index in [4.69, 9.17) is 4.74 Å². The van der Waals surface area contributed by atoms with Crippen LogP contribution in [0.1, 0.15) is 44.9 Å². The van der Waals surface area contributed by atoms with Crippen LogP contribution in [0, 0.1) is 0 Å². The van der Waals surface area contributed by atoms with Gasteiger partial charge in [-0.25, -0.2) is 4.99 Å². The maximum Gasteiger partial charge on any atom is 0.243 e. The minimum atomic E-state index is 0.0251. The van der Waals surface area contributed by atoms with Crippen LogP contribution in [0.4, 0.5) is 0 Å². The lowest BCUT2D eigenvalue weighted by atomic mass is 10.1. The quantitative estimate of drug-likeness (QED) is 0.557. The van der Waals surface area contributed by atoms with Crippen molar-refractivity contribution in [3.8, 4) is 0 Å². The number of carbonyl (C=O) groups is 1. The first kappa shape index (κ1) is 19.4. The van der Waals surface area contributed by atoms with Crippen molar-refractivity contribution in [3.63, 3.8) is 0 Å². The molecule has 1 saturated carbocycles. The molecule has 148 valence electrons. The SMILES string of the molecule is CN(C)C(=O)CN=C(NC1CCOCC1)NC1CCN(C2CCCC2)C1. The third-order valence-corrected chi connectivity index (χ3v) is 5.83. The molecule has 3 fully saturated rings. The monoisotopic (exact) mass is 365 g/mol. The Balaban J connectivity index is 1.55. The van der Waals surface area contributed by atoms with E-state index in [0.717, 1.165) is 51.0 Å². The molecular formula is C19H35N5O2. The predicted octanol–water partition coefficient (Wildman–Crippen LogP) is 0.806. The molecule has 7 heteroatoms. The van der Waals surface area contributed by atoms with Gasteiger partial charge in [-0.1, -0.05) is 12.8 Å². The number of hydrogen-bond acceptors (Lipinski definition) is 4. The van der Waals surface area contributed by atoms with Gasteiger partial charge >= 0.3 is 0 Å². The molecule has 0 radical (unpaired) electrons. The molecule has 2 saturated heterocycles. The summed E-state index contributed by atoms with van der Waals surface area (Å²) >= 11 is 0. The van der Waals surface area contributed by atoms with Crippen molar-refractivity contribution < 1.29 is 9.53 Å². The summed E-state index contributed by atoms with van der Waals surface area (Å²) in [5.41, 5.74) is 0. The Morgan fingerprint density at radius 2 is 1.77 bits per heavy atom. The van der Waals surface area contributed by atoms with E-state index < -0.39 is 0 Å². The zero-order chi connectivity index (χ0) is 18.4. The van der Waals surface area contributed by atoms with Crippen molar-refractivity contribution in [2.45, 2.75) is 63.1 Å². The van der Waals surface area contributed by atoms with Crippen LogP contribution in [-0.2, 0) is 9.53 Å². The number of amides is 1. The molecule has 0 bridgehead atoms. The van der Waals surface area contributed by atoms with Gasteiger partial charge in [0.25, 0.3) is 0 Å². The van der Waals surface area contributed by atoms with E-state index in [1.165, 1.54) is 32.2 Å². The first-order valence-corrected chi connectivity index (χ1v) is 10.2. The second kappa shape index (κ2) is 9.55. The van der Waals surface area contributed by atoms with E-state index >= 15 is 0 Å². The number of nitrogens with one attached hydrogen (secondary N) is 2. The van der Waals surface area contributed by atoms with Crippen LogP contribution >= 0.6 is 0 Å². The highest BCUT2D eigenvalue weighted by molar-refractivity contribution is 5.85. The topological polar surface area (TPSA) is 69.2 Å². The van der Waals surface area contributed by atoms with Gasteiger partial charge in [-0.15, -0.1) is 0 Å². The molecule has 2 heterocycles. The van der Waals surface area contributed by atoms with Crippen molar-refractivity contribution in [2.24, 2.45) is 4.99 Å². The van der Waals surface area contributed by atoms with Gasteiger partial charge in [0.2, 0.25) is 5.91 Å². The van der Waals surface area contributed by atoms with Crippen LogP contribution in [-0.4, -0.2) is 86.7 Å². The predicted molar refractivity (Wildman–Crippen MR) is 103 cm³/mol. The summed E-state index contributed by atoms with van der Waals surface area (Å²) in [7, 11) is 3.54. The van der Waals surface area contributed by atoms with Crippen molar-refractivity contribution in [2.75, 3.05) is 46.9 Å². The van der Waals surface area contributed by atoms with Crippen LogP contribution in [0.5, 0.6) is 0 Å². The number of ether oxygens (including phenoxy) is 1. The van der Waals surface area contributed by atoms with Gasteiger partial charge in [-0.3, -0.25) is 9.69 Å². The number of likely N-dealkylation sites (N-methyl/N-ethyl adjacent to an activating group) is 1. The van der Waals surface area contributed by atoms with E-state index in [-0.39, 0.29) is 12.5 Å². The molecule has 0 spiro atoms. The van der Waals surface area contributed by atoms with Crippen LogP contribution < -0.4 is 10.6 Å². The second-order valence-electron chi connectivity index (χ2n) is 8.05. The summed E-state index contributed by atoms with van der Waals surface area (Å²) in [6.45, 7) is 4.02. The van der Waals surface area contributed by atoms with E-state index in [1.807, 2.05) is 0 Å². The smallest absolute Gasteiger partial charge is 0.243 e. The van der Waals surface area contributed by atoms with Crippen molar-refractivity contribution in [1.82, 2.24) is 20.4 Å². The molecule has 0 aromatic rings. The fourth-order valence-corrected chi connectivity index (χ4v) is 4.16. The lowest BCUT2D eigenvalue weighted by Gasteiger charge is -2.27. The maximum atomic E-state index is 11.9. The summed E-state index contributed by atoms with van der Waals surface area (Å²) in [4.78, 5) is 20.7. The van der Waals surface area contributed by atoms with E-state index in [9.17, 15) is 4.79 Å². The highest BCUT2D eigenvalue weighted by Gasteiger charge is 2.30. The normalized spacial score (nSPS) is 26.2. The summed E-state index contributed by atoms with van der Waals surface area (Å²) in [6.07, 6.45) is 8.58. The Bertz CT molecular complexity index is 484. The minimum Gasteiger partial charge on any atom is -0.381 e. The number of rotatable bonds is 5. The molecule has 0 aromatic heterocycles. The first-order chi connectivity index (χ1) is 12.6. The molecule has 1 unspecified atom stereocenters. The third-order valence-electron chi connectivity index (χ3n) is 5.83. The Morgan fingerprint density at radius 3 is 2.46 bits per heavy atom. The number of likely N-dealkylation sites (tertiary alicyclic amines) is 1. The molecule has 1 amide bonds. The summed E-state index contributed by atoms with van der Waals surface area (Å²) in [5, 5.41) is 7.13. The summed E-state index contributed by atoms with van der Waals surface area (Å²) in [5.74, 6) is 0.808. The first-order valence-electron chi connectivity index (χ1n) is 10.2. The highest BCUT2D eigenvalue weighted by Crippen LogP contribution is 2.26. The van der Waals surface area contributed by atoms with Crippen LogP contribution in [0.2, 0.25) is 0 Å². The second-order valence-corrected chi connectivity index (χ2v) is 8.05. The van der Waals surface area contributed by atoms with E-state index in [1.54, 1.807) is 19.0 Å². The largest absolute Gasteiger partial charge is 0.381 e. The standard InChI is InChI=1S/C19H35N5O2/c1-23(2)18(25)13-20-19(21-15-8-11-26-12-9-15)22-16-7-10-24(14-16)17-5-3-4-6-17/h15-17H,3-14H2,1-2H3,(H2,20,21,22). The lowest BCUT2D eigenvalue weighted by Crippen LogP contribution is -2.50. The molecule has 3 rings (SSSR count). The maximum absolute atomic E-state index is 11.9. The Hall–Kier alpha value is -1.34. The van der Waals surface area contributed by atoms with Gasteiger partial charge in [0.15, 0.2) is 5.96 Å². The summed E-state index contributed by atoms with van der Waals surface area (Å²) in [6, 6.07) is 1.56. The zero-order valence-electron chi connectivity index (χ0n) is 16.4. The number of hydrogen-bond donors (Lipinski definition) is 2. The van der Waals surface area contributed by atoms with Crippen molar-refractivity contribution in [3.05, 3.63) is 0 Å². The fourth-order valence-electron chi connectivity index (χ4n) is 4.16. The highest BCUT2D eigenvalue weighted by atomic mass is 16.5. The Morgan fingerprint density at radius 1 is 1.08 bits per heavy atom. The number of aliphatic imine (C=N–C) groups is 1. The molecule has 0 aromatic carbocycles. The molecule has 2 aliphatic heterocycles. The fraction of sp³-hybridized carbons (Fsp3) is 0.895. The number of guanidine groups is 1. The Labute approximate surface area is 157 Å². The zero-order valence-corrected chi connectivity index (χ0v) is 16.4. The van der Waals surface area contributed by atoms with Crippen LogP contribution in [0.15, 0.2) is 4.99 Å². The molecular weight excluding hydrogens is 330 g/mol. The van der Waals surface area contributed by atoms with Gasteiger partial charge < -0.3 is 20.3 Å². The average molecular weight is 366 g/mol. The molecule has 1 aliphatic carbocycles. The molecule has 2 N–H and O–H groups in total. The van der Waals surface area contributed by atoms with Gasteiger partial charge in [0.1, 0.15) is 6.54 Å². The van der Waals surface area contributed by atoms with Gasteiger partial charge in [0, 0.05) is 58.5 Å². The van der Waals surface area contributed by atoms with E-state index in [0.29, 0.717) is 12.1 Å². The molecule has 26 heavy (non-hydrogen) atoms. The molecule has 1 atom stereocenters. The van der Waals surface area contributed by atoms with Crippen LogP contribution in [0.25, 0.3) is 0 Å². The van der Waals surface area contributed by atoms with E-state index in [2.05, 4.69) is 20.5 Å². The molecule has 7 nitrogen and oxygen atoms in total. The number of nitrogens with zero attached hydrogens (tertiary/aromatic N) is 3. The van der Waals surface area contributed by atoms with Crippen molar-refractivity contribution in [1.29, 1.82) is 0 Å². The molecule has 3 aliphatic rings. The van der Waals surface area contributed by atoms with Crippen LogP contribution in [0.3, 0.4) is 0 Å². The third kappa shape index (κ3) is 5.58. The lowest BCUT2D eigenvalue weighted by molar-refractivity contribution is -0.127. The summed E-state index contributed by atoms with van der Waals surface area (Å²) < 4.78 is 5.45. The van der Waals surface area contributed by atoms with Gasteiger partial charge in [-0.05, 0) is 32.1 Å². The van der Waals surface area contributed by atoms with Gasteiger partial charge in [-0.2, -0.15) is 0 Å². The number of carbonyl (C=O) groups excluding carboxylic acids is 1. The van der Waals surface area contributed by atoms with Crippen molar-refractivity contribution >= 4 is 11.9 Å². The van der Waals surface area contributed by atoms with Gasteiger partial charge in [0.05, 0.1) is 0 Å². The minimum absolute atomic E-state index is 0.0251.